The average Bonchev–Trinajstić information content (AvgIpc) is 2.92. The summed E-state index contributed by atoms with van der Waals surface area (Å²) >= 11 is 0. The third-order valence-corrected chi connectivity index (χ3v) is 3.51. The summed E-state index contributed by atoms with van der Waals surface area (Å²) < 4.78 is 5.71. The molecule has 3 rings (SSSR count). The fourth-order valence-corrected chi connectivity index (χ4v) is 2.13. The van der Waals surface area contributed by atoms with Crippen molar-refractivity contribution in [2.75, 3.05) is 0 Å². The molecule has 0 radical (unpaired) electrons. The molecule has 0 atom stereocenters. The van der Waals surface area contributed by atoms with Crippen LogP contribution in [0.5, 0.6) is 0 Å². The van der Waals surface area contributed by atoms with Crippen LogP contribution < -0.4 is 5.48 Å². The van der Waals surface area contributed by atoms with Crippen molar-refractivity contribution in [3.8, 4) is 11.5 Å². The summed E-state index contributed by atoms with van der Waals surface area (Å²) in [6, 6.07) is 10.8. The van der Waals surface area contributed by atoms with Gasteiger partial charge in [-0.25, -0.2) is 10.5 Å². The number of hydrogen-bond acceptors (Lipinski definition) is 4. The molecule has 5 heteroatoms. The predicted octanol–water partition coefficient (Wildman–Crippen LogP) is 3.23. The van der Waals surface area contributed by atoms with Crippen molar-refractivity contribution in [1.82, 2.24) is 10.5 Å². The van der Waals surface area contributed by atoms with E-state index in [4.69, 9.17) is 9.62 Å². The van der Waals surface area contributed by atoms with E-state index in [-0.39, 0.29) is 0 Å². The van der Waals surface area contributed by atoms with Crippen molar-refractivity contribution >= 4 is 17.0 Å². The number of aryl methyl sites for hydroxylation is 2. The Kier molecular flexibility index (Phi) is 3.19. The van der Waals surface area contributed by atoms with Gasteiger partial charge in [0.15, 0.2) is 5.58 Å². The molecule has 1 heterocycles. The molecule has 106 valence electrons. The van der Waals surface area contributed by atoms with Crippen LogP contribution in [0.25, 0.3) is 22.6 Å². The summed E-state index contributed by atoms with van der Waals surface area (Å²) in [6.07, 6.45) is 0. The zero-order valence-electron chi connectivity index (χ0n) is 11.7. The first-order valence-electron chi connectivity index (χ1n) is 6.51. The second-order valence-electron chi connectivity index (χ2n) is 4.94. The van der Waals surface area contributed by atoms with Crippen LogP contribution >= 0.6 is 0 Å². The van der Waals surface area contributed by atoms with Crippen LogP contribution in [0.15, 0.2) is 40.8 Å². The van der Waals surface area contributed by atoms with E-state index >= 15 is 0 Å². The number of rotatable bonds is 2. The lowest BCUT2D eigenvalue weighted by molar-refractivity contribution is 0.0706. The van der Waals surface area contributed by atoms with Crippen molar-refractivity contribution in [2.24, 2.45) is 0 Å². The van der Waals surface area contributed by atoms with Crippen molar-refractivity contribution in [3.05, 3.63) is 53.1 Å². The molecule has 0 aliphatic rings. The SMILES string of the molecule is Cc1ccc(-c2nc3cc(C(=O)NO)ccc3o2)cc1C. The largest absolute Gasteiger partial charge is 0.436 e. The molecular weight excluding hydrogens is 268 g/mol. The van der Waals surface area contributed by atoms with E-state index in [1.54, 1.807) is 23.7 Å². The van der Waals surface area contributed by atoms with Crippen molar-refractivity contribution in [2.45, 2.75) is 13.8 Å². The second-order valence-corrected chi connectivity index (χ2v) is 4.94. The van der Waals surface area contributed by atoms with Gasteiger partial charge in [0.25, 0.3) is 5.91 Å². The lowest BCUT2D eigenvalue weighted by Crippen LogP contribution is -2.18. The number of amides is 1. The second kappa shape index (κ2) is 5.03. The minimum Gasteiger partial charge on any atom is -0.436 e. The Labute approximate surface area is 121 Å². The molecule has 3 aromatic rings. The number of carbonyl (C=O) groups excluding carboxylic acids is 1. The zero-order valence-corrected chi connectivity index (χ0v) is 11.7. The van der Waals surface area contributed by atoms with Gasteiger partial charge in [-0.05, 0) is 55.3 Å². The Hall–Kier alpha value is -2.66. The molecule has 2 aromatic carbocycles. The Morgan fingerprint density at radius 2 is 1.95 bits per heavy atom. The number of hydrogen-bond donors (Lipinski definition) is 2. The van der Waals surface area contributed by atoms with Gasteiger partial charge in [0.1, 0.15) is 5.52 Å². The molecule has 0 bridgehead atoms. The van der Waals surface area contributed by atoms with E-state index in [1.165, 1.54) is 5.56 Å². The number of oxazole rings is 1. The van der Waals surface area contributed by atoms with E-state index in [1.807, 2.05) is 32.0 Å². The van der Waals surface area contributed by atoms with E-state index < -0.39 is 5.91 Å². The number of benzene rings is 2. The van der Waals surface area contributed by atoms with Gasteiger partial charge in [-0.15, -0.1) is 0 Å². The summed E-state index contributed by atoms with van der Waals surface area (Å²) in [5.41, 5.74) is 6.35. The first-order valence-corrected chi connectivity index (χ1v) is 6.51. The summed E-state index contributed by atoms with van der Waals surface area (Å²) in [7, 11) is 0. The quantitative estimate of drug-likeness (QED) is 0.559. The van der Waals surface area contributed by atoms with E-state index in [2.05, 4.69) is 4.98 Å². The molecule has 0 aliphatic carbocycles. The van der Waals surface area contributed by atoms with Crippen LogP contribution in [-0.4, -0.2) is 16.1 Å². The van der Waals surface area contributed by atoms with Crippen LogP contribution in [0.4, 0.5) is 0 Å². The Bertz CT molecular complexity index is 837. The van der Waals surface area contributed by atoms with Gasteiger partial charge in [-0.1, -0.05) is 6.07 Å². The molecular formula is C16H14N2O3. The maximum absolute atomic E-state index is 11.4. The summed E-state index contributed by atoms with van der Waals surface area (Å²) in [5, 5.41) is 8.66. The molecule has 0 aliphatic heterocycles. The third kappa shape index (κ3) is 2.39. The van der Waals surface area contributed by atoms with Crippen molar-refractivity contribution in [3.63, 3.8) is 0 Å². The zero-order chi connectivity index (χ0) is 15.0. The van der Waals surface area contributed by atoms with Gasteiger partial charge in [0.2, 0.25) is 5.89 Å². The number of hydroxylamine groups is 1. The van der Waals surface area contributed by atoms with Gasteiger partial charge >= 0.3 is 0 Å². The van der Waals surface area contributed by atoms with Crippen LogP contribution in [0.1, 0.15) is 21.5 Å². The Morgan fingerprint density at radius 1 is 1.14 bits per heavy atom. The van der Waals surface area contributed by atoms with Crippen LogP contribution in [0.3, 0.4) is 0 Å². The molecule has 1 aromatic heterocycles. The molecule has 0 spiro atoms. The molecule has 0 unspecified atom stereocenters. The number of fused-ring (bicyclic) bond motifs is 1. The summed E-state index contributed by atoms with van der Waals surface area (Å²) in [6.45, 7) is 4.08. The number of carbonyl (C=O) groups is 1. The number of nitrogens with zero attached hydrogens (tertiary/aromatic N) is 1. The molecule has 0 fully saturated rings. The highest BCUT2D eigenvalue weighted by atomic mass is 16.5. The van der Waals surface area contributed by atoms with Crippen LogP contribution in [0, 0.1) is 13.8 Å². The smallest absolute Gasteiger partial charge is 0.274 e. The van der Waals surface area contributed by atoms with E-state index in [0.717, 1.165) is 11.1 Å². The molecule has 5 nitrogen and oxygen atoms in total. The topological polar surface area (TPSA) is 75.4 Å². The molecule has 0 saturated carbocycles. The minimum absolute atomic E-state index is 0.324. The first-order chi connectivity index (χ1) is 10.1. The number of nitrogens with one attached hydrogen (secondary N) is 1. The lowest BCUT2D eigenvalue weighted by atomic mass is 10.1. The normalized spacial score (nSPS) is 10.8. The third-order valence-electron chi connectivity index (χ3n) is 3.51. The monoisotopic (exact) mass is 282 g/mol. The highest BCUT2D eigenvalue weighted by molar-refractivity contribution is 5.96. The first kappa shape index (κ1) is 13.3. The molecule has 21 heavy (non-hydrogen) atoms. The highest BCUT2D eigenvalue weighted by Gasteiger charge is 2.12. The molecule has 2 N–H and O–H groups in total. The fraction of sp³-hybridized carbons (Fsp3) is 0.125. The van der Waals surface area contributed by atoms with Gasteiger partial charge in [-0.2, -0.15) is 0 Å². The number of aromatic nitrogens is 1. The van der Waals surface area contributed by atoms with Crippen molar-refractivity contribution in [1.29, 1.82) is 0 Å². The lowest BCUT2D eigenvalue weighted by Gasteiger charge is -2.01. The van der Waals surface area contributed by atoms with Crippen LogP contribution in [0.2, 0.25) is 0 Å². The highest BCUT2D eigenvalue weighted by Crippen LogP contribution is 2.26. The Morgan fingerprint density at radius 3 is 2.67 bits per heavy atom. The van der Waals surface area contributed by atoms with Gasteiger partial charge < -0.3 is 4.42 Å². The predicted molar refractivity (Wildman–Crippen MR) is 78.2 cm³/mol. The maximum atomic E-state index is 11.4. The minimum atomic E-state index is -0.576. The summed E-state index contributed by atoms with van der Waals surface area (Å²) in [4.78, 5) is 15.8. The fourth-order valence-electron chi connectivity index (χ4n) is 2.13. The molecule has 0 saturated heterocycles. The molecule has 1 amide bonds. The maximum Gasteiger partial charge on any atom is 0.274 e. The van der Waals surface area contributed by atoms with Crippen LogP contribution in [-0.2, 0) is 0 Å². The van der Waals surface area contributed by atoms with Gasteiger partial charge in [0, 0.05) is 11.1 Å². The van der Waals surface area contributed by atoms with Gasteiger partial charge in [0.05, 0.1) is 0 Å². The van der Waals surface area contributed by atoms with Crippen molar-refractivity contribution < 1.29 is 14.4 Å². The van der Waals surface area contributed by atoms with E-state index in [0.29, 0.717) is 22.6 Å². The van der Waals surface area contributed by atoms with E-state index in [9.17, 15) is 4.79 Å². The van der Waals surface area contributed by atoms with Gasteiger partial charge in [-0.3, -0.25) is 10.0 Å². The average molecular weight is 282 g/mol. The Balaban J connectivity index is 2.08. The summed E-state index contributed by atoms with van der Waals surface area (Å²) in [5.74, 6) is -0.0673. The standard InChI is InChI=1S/C16H14N2O3/c1-9-3-4-12(7-10(9)2)16-17-13-8-11(15(19)18-20)5-6-14(13)21-16/h3-8,20H,1-2H3,(H,18,19).